The van der Waals surface area contributed by atoms with E-state index in [0.29, 0.717) is 24.0 Å². The van der Waals surface area contributed by atoms with Gasteiger partial charge in [-0.05, 0) is 51.7 Å². The van der Waals surface area contributed by atoms with E-state index in [4.69, 9.17) is 9.47 Å². The van der Waals surface area contributed by atoms with Crippen molar-refractivity contribution in [3.8, 4) is 0 Å². The molecule has 2 aliphatic rings. The topological polar surface area (TPSA) is 93.2 Å². The molecule has 2 aromatic rings. The van der Waals surface area contributed by atoms with Crippen LogP contribution in [0.1, 0.15) is 65.5 Å². The molecule has 0 saturated heterocycles. The van der Waals surface area contributed by atoms with E-state index in [1.807, 2.05) is 13.8 Å². The molecule has 0 spiro atoms. The summed E-state index contributed by atoms with van der Waals surface area (Å²) < 4.78 is 11.4. The normalized spacial score (nSPS) is 15.8. The molecule has 8 nitrogen and oxygen atoms in total. The van der Waals surface area contributed by atoms with E-state index in [1.165, 1.54) is 0 Å². The number of carbonyl (C=O) groups is 4. The average molecular weight is 517 g/mol. The van der Waals surface area contributed by atoms with Gasteiger partial charge < -0.3 is 9.47 Å². The molecule has 0 atom stereocenters. The minimum absolute atomic E-state index is 0.0439. The van der Waals surface area contributed by atoms with Gasteiger partial charge >= 0.3 is 12.2 Å². The van der Waals surface area contributed by atoms with Gasteiger partial charge in [-0.25, -0.2) is 19.4 Å². The molecule has 2 aliphatic heterocycles. The van der Waals surface area contributed by atoms with Gasteiger partial charge in [0.15, 0.2) is 0 Å². The lowest BCUT2D eigenvalue weighted by molar-refractivity contribution is -0.124. The van der Waals surface area contributed by atoms with Crippen LogP contribution in [-0.2, 0) is 19.1 Å². The molecule has 8 heteroatoms. The molecule has 0 radical (unpaired) electrons. The summed E-state index contributed by atoms with van der Waals surface area (Å²) >= 11 is 0. The van der Waals surface area contributed by atoms with Crippen LogP contribution in [0.15, 0.2) is 71.8 Å². The van der Waals surface area contributed by atoms with Gasteiger partial charge in [0, 0.05) is 0 Å². The zero-order valence-corrected chi connectivity index (χ0v) is 22.5. The van der Waals surface area contributed by atoms with Crippen LogP contribution in [0.3, 0.4) is 0 Å². The highest BCUT2D eigenvalue weighted by molar-refractivity contribution is 6.35. The van der Waals surface area contributed by atoms with Crippen LogP contribution >= 0.6 is 0 Å². The molecule has 0 N–H and O–H groups in total. The third-order valence-electron chi connectivity index (χ3n) is 6.89. The summed E-state index contributed by atoms with van der Waals surface area (Å²) in [6, 6.07) is 17.3. The number of imide groups is 2. The van der Waals surface area contributed by atoms with E-state index >= 15 is 0 Å². The van der Waals surface area contributed by atoms with Gasteiger partial charge in [-0.3, -0.25) is 9.59 Å². The molecule has 4 rings (SSSR count). The van der Waals surface area contributed by atoms with E-state index < -0.39 is 35.2 Å². The van der Waals surface area contributed by atoms with E-state index in [1.54, 1.807) is 88.4 Å². The molecule has 0 aromatic heterocycles. The van der Waals surface area contributed by atoms with Crippen LogP contribution in [-0.4, -0.2) is 45.0 Å². The minimum atomic E-state index is -0.892. The third kappa shape index (κ3) is 4.74. The van der Waals surface area contributed by atoms with Gasteiger partial charge in [-0.15, -0.1) is 0 Å². The highest BCUT2D eigenvalue weighted by Crippen LogP contribution is 2.47. The van der Waals surface area contributed by atoms with Crippen molar-refractivity contribution in [2.45, 2.75) is 65.6 Å². The van der Waals surface area contributed by atoms with Crippen molar-refractivity contribution in [3.05, 3.63) is 82.9 Å². The molecule has 0 aliphatic carbocycles. The molecule has 0 bridgehead atoms. The van der Waals surface area contributed by atoms with Crippen molar-refractivity contribution in [1.29, 1.82) is 0 Å². The van der Waals surface area contributed by atoms with Crippen LogP contribution < -0.4 is 0 Å². The summed E-state index contributed by atoms with van der Waals surface area (Å²) in [6.07, 6.45) is -0.753. The fourth-order valence-electron chi connectivity index (χ4n) is 4.10. The van der Waals surface area contributed by atoms with Crippen molar-refractivity contribution in [2.24, 2.45) is 0 Å². The fraction of sp³-hybridized carbons (Fsp3) is 0.333. The maximum atomic E-state index is 14.0. The smallest absolute Gasteiger partial charge is 0.422 e. The molecular weight excluding hydrogens is 484 g/mol. The molecular formula is C30H32N2O6. The van der Waals surface area contributed by atoms with Crippen molar-refractivity contribution >= 4 is 35.4 Å². The number of ether oxygens (including phenoxy) is 2. The van der Waals surface area contributed by atoms with E-state index in [-0.39, 0.29) is 22.5 Å². The highest BCUT2D eigenvalue weighted by atomic mass is 16.6. The molecule has 198 valence electrons. The van der Waals surface area contributed by atoms with E-state index in [9.17, 15) is 19.2 Å². The summed E-state index contributed by atoms with van der Waals surface area (Å²) in [4.78, 5) is 56.7. The number of carbonyl (C=O) groups excluding carboxylic acids is 4. The van der Waals surface area contributed by atoms with Crippen LogP contribution in [0.2, 0.25) is 0 Å². The van der Waals surface area contributed by atoms with Crippen LogP contribution in [0.5, 0.6) is 0 Å². The van der Waals surface area contributed by atoms with Gasteiger partial charge in [0.25, 0.3) is 11.8 Å². The number of fused-ring (bicyclic) bond motifs is 1. The van der Waals surface area contributed by atoms with Crippen molar-refractivity contribution in [2.75, 3.05) is 0 Å². The Morgan fingerprint density at radius 3 is 1.24 bits per heavy atom. The Morgan fingerprint density at radius 2 is 0.947 bits per heavy atom. The number of nitrogens with zero attached hydrogens (tertiary/aromatic N) is 2. The Labute approximate surface area is 222 Å². The predicted octanol–water partition coefficient (Wildman–Crippen LogP) is 6.14. The second-order valence-corrected chi connectivity index (χ2v) is 10.4. The second-order valence-electron chi connectivity index (χ2n) is 10.4. The first-order chi connectivity index (χ1) is 17.9. The minimum Gasteiger partial charge on any atom is -0.443 e. The van der Waals surface area contributed by atoms with Gasteiger partial charge in [-0.2, -0.15) is 0 Å². The molecule has 2 heterocycles. The Morgan fingerprint density at radius 1 is 0.632 bits per heavy atom. The number of hydrogen-bond acceptors (Lipinski definition) is 6. The molecule has 38 heavy (non-hydrogen) atoms. The molecule has 0 unspecified atom stereocenters. The highest BCUT2D eigenvalue weighted by Gasteiger charge is 2.54. The van der Waals surface area contributed by atoms with Gasteiger partial charge in [0.1, 0.15) is 11.2 Å². The van der Waals surface area contributed by atoms with Crippen molar-refractivity contribution < 1.29 is 28.7 Å². The molecule has 4 amide bonds. The largest absolute Gasteiger partial charge is 0.443 e. The third-order valence-corrected chi connectivity index (χ3v) is 6.89. The van der Waals surface area contributed by atoms with Crippen LogP contribution in [0, 0.1) is 0 Å². The lowest BCUT2D eigenvalue weighted by Crippen LogP contribution is -2.41. The SMILES string of the molecule is CCC(C)(C)OC(=O)N1C(=O)C2=C(c3ccccc3)N(C(=O)OC(C)(C)CC)C(=O)C2=C1c1ccccc1. The first-order valence-electron chi connectivity index (χ1n) is 12.7. The lowest BCUT2D eigenvalue weighted by Gasteiger charge is -2.29. The second kappa shape index (κ2) is 9.93. The number of benzene rings is 2. The van der Waals surface area contributed by atoms with E-state index in [2.05, 4.69) is 0 Å². The molecule has 2 aromatic carbocycles. The maximum absolute atomic E-state index is 14.0. The summed E-state index contributed by atoms with van der Waals surface area (Å²) in [5.41, 5.74) is -0.705. The summed E-state index contributed by atoms with van der Waals surface area (Å²) in [7, 11) is 0. The molecule has 0 fully saturated rings. The zero-order valence-electron chi connectivity index (χ0n) is 22.5. The first kappa shape index (κ1) is 26.9. The summed E-state index contributed by atoms with van der Waals surface area (Å²) in [5, 5.41) is 0. The van der Waals surface area contributed by atoms with Gasteiger partial charge in [0.2, 0.25) is 0 Å². The predicted molar refractivity (Wildman–Crippen MR) is 142 cm³/mol. The standard InChI is InChI=1S/C30H32N2O6/c1-7-29(3,4)37-27(35)31-23(19-15-11-9-12-16-19)21-22(25(31)33)24(20-17-13-10-14-18-20)32(26(21)34)28(36)38-30(5,6)8-2/h9-18H,7-8H2,1-6H3. The number of hydrogen-bond donors (Lipinski definition) is 0. The number of rotatable bonds is 6. The number of amides is 4. The lowest BCUT2D eigenvalue weighted by atomic mass is 10.0. The van der Waals surface area contributed by atoms with Crippen molar-refractivity contribution in [1.82, 2.24) is 9.80 Å². The summed E-state index contributed by atoms with van der Waals surface area (Å²) in [6.45, 7) is 10.7. The van der Waals surface area contributed by atoms with Crippen LogP contribution in [0.25, 0.3) is 11.4 Å². The van der Waals surface area contributed by atoms with E-state index in [0.717, 1.165) is 9.80 Å². The Balaban J connectivity index is 1.97. The summed E-state index contributed by atoms with van der Waals surface area (Å²) in [5.74, 6) is -1.49. The Kier molecular flexibility index (Phi) is 7.02. The zero-order chi connectivity index (χ0) is 27.8. The monoisotopic (exact) mass is 516 g/mol. The first-order valence-corrected chi connectivity index (χ1v) is 12.7. The molecule has 0 saturated carbocycles. The van der Waals surface area contributed by atoms with Crippen LogP contribution in [0.4, 0.5) is 9.59 Å². The fourth-order valence-corrected chi connectivity index (χ4v) is 4.10. The Bertz CT molecular complexity index is 1250. The van der Waals surface area contributed by atoms with Crippen molar-refractivity contribution in [3.63, 3.8) is 0 Å². The van der Waals surface area contributed by atoms with Gasteiger partial charge in [0.05, 0.1) is 22.5 Å². The quantitative estimate of drug-likeness (QED) is 0.458. The average Bonchev–Trinajstić information content (AvgIpc) is 3.36. The Hall–Kier alpha value is -4.20. The van der Waals surface area contributed by atoms with Gasteiger partial charge in [-0.1, -0.05) is 74.5 Å². The maximum Gasteiger partial charge on any atom is 0.422 e.